The van der Waals surface area contributed by atoms with Crippen molar-refractivity contribution >= 4 is 5.52 Å². The zero-order chi connectivity index (χ0) is 23.8. The van der Waals surface area contributed by atoms with E-state index in [0.717, 1.165) is 48.8 Å². The van der Waals surface area contributed by atoms with E-state index in [9.17, 15) is 9.50 Å². The number of nitrogens with two attached hydrogens (primary N) is 1. The Kier molecular flexibility index (Phi) is 5.93. The third kappa shape index (κ3) is 3.99. The van der Waals surface area contributed by atoms with Gasteiger partial charge in [0.1, 0.15) is 5.82 Å². The molecule has 0 saturated heterocycles. The minimum Gasteiger partial charge on any atom is -0.493 e. The van der Waals surface area contributed by atoms with E-state index in [0.29, 0.717) is 22.7 Å². The van der Waals surface area contributed by atoms with Gasteiger partial charge in [0.05, 0.1) is 37.5 Å². The average molecular weight is 467 g/mol. The summed E-state index contributed by atoms with van der Waals surface area (Å²) < 4.78 is 28.8. The smallest absolute Gasteiger partial charge is 0.168 e. The molecule has 1 aliphatic rings. The fourth-order valence-electron chi connectivity index (χ4n) is 4.46. The first-order valence-corrected chi connectivity index (χ1v) is 11.2. The molecule has 3 N–H and O–H groups in total. The van der Waals surface area contributed by atoms with E-state index in [4.69, 9.17) is 20.3 Å². The minimum absolute atomic E-state index is 0.188. The van der Waals surface area contributed by atoms with Gasteiger partial charge in [0.15, 0.2) is 23.1 Å². The van der Waals surface area contributed by atoms with Crippen LogP contribution in [0.15, 0.2) is 36.8 Å². The normalized spacial score (nSPS) is 16.8. The zero-order valence-corrected chi connectivity index (χ0v) is 19.1. The predicted octanol–water partition coefficient (Wildman–Crippen LogP) is 2.82. The number of aliphatic hydroxyl groups is 1. The highest BCUT2D eigenvalue weighted by molar-refractivity contribution is 5.75. The Morgan fingerprint density at radius 2 is 2.12 bits per heavy atom. The van der Waals surface area contributed by atoms with Crippen molar-refractivity contribution in [1.29, 1.82) is 0 Å². The molecular formula is C24H27FN6O3. The van der Waals surface area contributed by atoms with E-state index in [2.05, 4.69) is 17.0 Å². The standard InChI is InChI=1S/C24H27FN6O3/c1-14-19-6-4-17(26)7-8-30(19)29-23(14)15-9-20(24-21(33-2)11-28-31(24)12-15)34-22(13-32)18-5-3-16(25)10-27-18/h3,5,9-12,17,22,32H,4,6-8,13,26H2,1-2H3/t17?,22-/m1/s1. The molecular weight excluding hydrogens is 439 g/mol. The molecule has 1 unspecified atom stereocenters. The lowest BCUT2D eigenvalue weighted by Crippen LogP contribution is -2.20. The van der Waals surface area contributed by atoms with E-state index < -0.39 is 11.9 Å². The molecule has 0 spiro atoms. The van der Waals surface area contributed by atoms with Gasteiger partial charge in [-0.25, -0.2) is 8.91 Å². The first-order chi connectivity index (χ1) is 16.5. The first-order valence-electron chi connectivity index (χ1n) is 11.2. The molecule has 4 aromatic heterocycles. The van der Waals surface area contributed by atoms with Crippen LogP contribution in [0.25, 0.3) is 16.8 Å². The van der Waals surface area contributed by atoms with Crippen LogP contribution in [0.1, 0.15) is 35.9 Å². The Bertz CT molecular complexity index is 1320. The van der Waals surface area contributed by atoms with E-state index in [1.165, 1.54) is 17.8 Å². The number of aryl methyl sites for hydroxylation is 1. The first kappa shape index (κ1) is 22.3. The second-order valence-corrected chi connectivity index (χ2v) is 8.52. The van der Waals surface area contributed by atoms with Crippen molar-refractivity contribution in [3.63, 3.8) is 0 Å². The van der Waals surface area contributed by atoms with Gasteiger partial charge in [-0.15, -0.1) is 0 Å². The van der Waals surface area contributed by atoms with E-state index in [-0.39, 0.29) is 12.6 Å². The Hall–Kier alpha value is -3.50. The summed E-state index contributed by atoms with van der Waals surface area (Å²) in [5, 5.41) is 19.3. The second-order valence-electron chi connectivity index (χ2n) is 8.52. The van der Waals surface area contributed by atoms with Gasteiger partial charge in [0.2, 0.25) is 0 Å². The summed E-state index contributed by atoms with van der Waals surface area (Å²) in [5.41, 5.74) is 11.1. The van der Waals surface area contributed by atoms with Gasteiger partial charge in [-0.1, -0.05) is 0 Å². The second kappa shape index (κ2) is 9.03. The van der Waals surface area contributed by atoms with Crippen molar-refractivity contribution in [2.75, 3.05) is 13.7 Å². The molecule has 0 aliphatic carbocycles. The summed E-state index contributed by atoms with van der Waals surface area (Å²) in [7, 11) is 1.56. The molecule has 0 saturated carbocycles. The van der Waals surface area contributed by atoms with Gasteiger partial charge in [0.25, 0.3) is 0 Å². The lowest BCUT2D eigenvalue weighted by atomic mass is 10.0. The van der Waals surface area contributed by atoms with Crippen molar-refractivity contribution in [1.82, 2.24) is 24.4 Å². The lowest BCUT2D eigenvalue weighted by Gasteiger charge is -2.18. The van der Waals surface area contributed by atoms with Crippen LogP contribution in [0.5, 0.6) is 11.5 Å². The monoisotopic (exact) mass is 466 g/mol. The Morgan fingerprint density at radius 3 is 2.85 bits per heavy atom. The van der Waals surface area contributed by atoms with Crippen LogP contribution in [0, 0.1) is 12.7 Å². The minimum atomic E-state index is -0.805. The Morgan fingerprint density at radius 1 is 1.26 bits per heavy atom. The summed E-state index contributed by atoms with van der Waals surface area (Å²) in [6.45, 7) is 2.50. The predicted molar refractivity (Wildman–Crippen MR) is 123 cm³/mol. The number of hydrogen-bond acceptors (Lipinski definition) is 7. The highest BCUT2D eigenvalue weighted by atomic mass is 19.1. The molecule has 34 heavy (non-hydrogen) atoms. The van der Waals surface area contributed by atoms with Crippen LogP contribution >= 0.6 is 0 Å². The summed E-state index contributed by atoms with van der Waals surface area (Å²) in [5.74, 6) is 0.511. The molecule has 10 heteroatoms. The number of aliphatic hydroxyl groups excluding tert-OH is 1. The van der Waals surface area contributed by atoms with Crippen LogP contribution in [0.2, 0.25) is 0 Å². The molecule has 0 aromatic carbocycles. The van der Waals surface area contributed by atoms with Crippen molar-refractivity contribution in [3.05, 3.63) is 59.6 Å². The molecule has 5 heterocycles. The van der Waals surface area contributed by atoms with Crippen molar-refractivity contribution < 1.29 is 19.0 Å². The molecule has 9 nitrogen and oxygen atoms in total. The summed E-state index contributed by atoms with van der Waals surface area (Å²) in [6, 6.07) is 4.83. The highest BCUT2D eigenvalue weighted by Crippen LogP contribution is 2.37. The van der Waals surface area contributed by atoms with E-state index >= 15 is 0 Å². The average Bonchev–Trinajstić information content (AvgIpc) is 3.34. The number of nitrogens with zero attached hydrogens (tertiary/aromatic N) is 5. The van der Waals surface area contributed by atoms with Crippen LogP contribution in [0.3, 0.4) is 0 Å². The number of rotatable bonds is 6. The van der Waals surface area contributed by atoms with Crippen LogP contribution < -0.4 is 15.2 Å². The molecule has 5 rings (SSSR count). The summed E-state index contributed by atoms with van der Waals surface area (Å²) >= 11 is 0. The maximum atomic E-state index is 13.4. The molecule has 0 radical (unpaired) electrons. The van der Waals surface area contributed by atoms with Crippen molar-refractivity contribution in [2.24, 2.45) is 5.73 Å². The van der Waals surface area contributed by atoms with Gasteiger partial charge in [-0.2, -0.15) is 10.2 Å². The van der Waals surface area contributed by atoms with Gasteiger partial charge in [-0.3, -0.25) is 9.67 Å². The zero-order valence-electron chi connectivity index (χ0n) is 19.1. The molecule has 0 bridgehead atoms. The Balaban J connectivity index is 1.59. The maximum Gasteiger partial charge on any atom is 0.168 e. The Labute approximate surface area is 195 Å². The molecule has 2 atom stereocenters. The van der Waals surface area contributed by atoms with Gasteiger partial charge in [-0.05, 0) is 49.9 Å². The number of ether oxygens (including phenoxy) is 2. The topological polar surface area (TPSA) is 113 Å². The fourth-order valence-corrected chi connectivity index (χ4v) is 4.46. The summed E-state index contributed by atoms with van der Waals surface area (Å²) in [6.07, 6.45) is 6.48. The molecule has 178 valence electrons. The van der Waals surface area contributed by atoms with Crippen LogP contribution in [-0.2, 0) is 13.0 Å². The van der Waals surface area contributed by atoms with Gasteiger partial charge in [0, 0.05) is 30.0 Å². The summed E-state index contributed by atoms with van der Waals surface area (Å²) in [4.78, 5) is 4.07. The van der Waals surface area contributed by atoms with E-state index in [1.807, 2.05) is 16.9 Å². The number of pyridine rings is 2. The number of halogens is 1. The molecule has 1 aliphatic heterocycles. The van der Waals surface area contributed by atoms with Gasteiger partial charge < -0.3 is 20.3 Å². The molecule has 0 amide bonds. The molecule has 0 fully saturated rings. The third-order valence-corrected chi connectivity index (χ3v) is 6.34. The number of fused-ring (bicyclic) bond motifs is 2. The van der Waals surface area contributed by atoms with Crippen LogP contribution in [-0.4, -0.2) is 49.2 Å². The van der Waals surface area contributed by atoms with Crippen molar-refractivity contribution in [2.45, 2.75) is 44.9 Å². The number of methoxy groups -OCH3 is 1. The third-order valence-electron chi connectivity index (χ3n) is 6.34. The maximum absolute atomic E-state index is 13.4. The number of aromatic nitrogens is 5. The lowest BCUT2D eigenvalue weighted by molar-refractivity contribution is 0.114. The van der Waals surface area contributed by atoms with Gasteiger partial charge >= 0.3 is 0 Å². The SMILES string of the molecule is COc1cnn2cc(-c3nn4c(c3C)CCC(N)CC4)cc(O[C@H](CO)c3ccc(F)cn3)c12. The fraction of sp³-hybridized carbons (Fsp3) is 0.375. The quantitative estimate of drug-likeness (QED) is 0.449. The van der Waals surface area contributed by atoms with Crippen molar-refractivity contribution in [3.8, 4) is 22.8 Å². The molecule has 4 aromatic rings. The number of hydrogen-bond donors (Lipinski definition) is 2. The largest absolute Gasteiger partial charge is 0.493 e. The van der Waals surface area contributed by atoms with E-state index in [1.54, 1.807) is 17.8 Å². The van der Waals surface area contributed by atoms with Crippen LogP contribution in [0.4, 0.5) is 4.39 Å². The highest BCUT2D eigenvalue weighted by Gasteiger charge is 2.24.